The van der Waals surface area contributed by atoms with Crippen LogP contribution in [0.3, 0.4) is 0 Å². The van der Waals surface area contributed by atoms with Crippen molar-refractivity contribution in [2.75, 3.05) is 33.2 Å². The summed E-state index contributed by atoms with van der Waals surface area (Å²) in [5, 5.41) is 2.59. The lowest BCUT2D eigenvalue weighted by atomic mass is 9.62. The van der Waals surface area contributed by atoms with Gasteiger partial charge in [0, 0.05) is 38.6 Å². The fraction of sp³-hybridized carbons (Fsp3) is 0.517. The smallest absolute Gasteiger partial charge is 0.359 e. The van der Waals surface area contributed by atoms with Crippen LogP contribution >= 0.6 is 0 Å². The van der Waals surface area contributed by atoms with Crippen LogP contribution in [0, 0.1) is 18.2 Å². The fourth-order valence-corrected chi connectivity index (χ4v) is 6.53. The van der Waals surface area contributed by atoms with Gasteiger partial charge in [-0.1, -0.05) is 6.07 Å². The van der Waals surface area contributed by atoms with Gasteiger partial charge in [0.2, 0.25) is 5.91 Å². The number of halogens is 7. The SMILES string of the molecule is CNC(=O)C1(Cc2cc(C(F)(F)F)cc(C(F)(F)F)c2)CCN(C2CCN(C(N)=O)CC2)CC1c1ccc(F)cc1C. The zero-order valence-electron chi connectivity index (χ0n) is 23.2. The van der Waals surface area contributed by atoms with Crippen LogP contribution < -0.4 is 11.1 Å². The molecule has 0 aliphatic carbocycles. The number of nitrogens with one attached hydrogen (secondary N) is 1. The summed E-state index contributed by atoms with van der Waals surface area (Å²) in [6.45, 7) is 3.12. The van der Waals surface area contributed by atoms with Gasteiger partial charge in [-0.15, -0.1) is 0 Å². The molecule has 2 aromatic carbocycles. The van der Waals surface area contributed by atoms with Crippen molar-refractivity contribution in [3.63, 3.8) is 0 Å². The number of urea groups is 1. The summed E-state index contributed by atoms with van der Waals surface area (Å²) < 4.78 is 96.2. The third-order valence-corrected chi connectivity index (χ3v) is 8.68. The van der Waals surface area contributed by atoms with Crippen molar-refractivity contribution in [1.82, 2.24) is 15.1 Å². The normalized spacial score (nSPS) is 22.7. The molecule has 13 heteroatoms. The first-order chi connectivity index (χ1) is 19.5. The summed E-state index contributed by atoms with van der Waals surface area (Å²) in [7, 11) is 1.37. The van der Waals surface area contributed by atoms with Crippen LogP contribution in [-0.2, 0) is 23.6 Å². The van der Waals surface area contributed by atoms with Gasteiger partial charge in [-0.3, -0.25) is 9.69 Å². The van der Waals surface area contributed by atoms with Gasteiger partial charge in [-0.25, -0.2) is 9.18 Å². The van der Waals surface area contributed by atoms with E-state index in [0.29, 0.717) is 55.7 Å². The number of aryl methyl sites for hydroxylation is 1. The van der Waals surface area contributed by atoms with E-state index in [9.17, 15) is 40.3 Å². The van der Waals surface area contributed by atoms with Gasteiger partial charge in [0.25, 0.3) is 0 Å². The highest BCUT2D eigenvalue weighted by atomic mass is 19.4. The number of primary amides is 1. The lowest BCUT2D eigenvalue weighted by Gasteiger charge is -2.50. The minimum Gasteiger partial charge on any atom is -0.359 e. The van der Waals surface area contributed by atoms with E-state index in [-0.39, 0.29) is 30.6 Å². The third kappa shape index (κ3) is 6.50. The molecule has 4 rings (SSSR count). The predicted molar refractivity (Wildman–Crippen MR) is 141 cm³/mol. The van der Waals surface area contributed by atoms with Crippen molar-refractivity contribution >= 4 is 11.9 Å². The third-order valence-electron chi connectivity index (χ3n) is 8.68. The van der Waals surface area contributed by atoms with Gasteiger partial charge in [0.05, 0.1) is 16.5 Å². The lowest BCUT2D eigenvalue weighted by Crippen LogP contribution is -2.57. The molecule has 0 radical (unpaired) electrons. The van der Waals surface area contributed by atoms with Crippen molar-refractivity contribution in [1.29, 1.82) is 0 Å². The number of nitrogens with zero attached hydrogens (tertiary/aromatic N) is 2. The Labute approximate surface area is 239 Å². The zero-order valence-corrected chi connectivity index (χ0v) is 23.2. The first-order valence-corrected chi connectivity index (χ1v) is 13.6. The summed E-state index contributed by atoms with van der Waals surface area (Å²) in [6, 6.07) is 4.94. The van der Waals surface area contributed by atoms with Crippen molar-refractivity contribution in [3.8, 4) is 0 Å². The maximum Gasteiger partial charge on any atom is 0.416 e. The number of likely N-dealkylation sites (tertiary alicyclic amines) is 2. The molecule has 0 spiro atoms. The zero-order chi connectivity index (χ0) is 31.0. The van der Waals surface area contributed by atoms with Crippen LogP contribution in [0.5, 0.6) is 0 Å². The fourth-order valence-electron chi connectivity index (χ4n) is 6.53. The molecule has 0 aromatic heterocycles. The molecule has 2 heterocycles. The van der Waals surface area contributed by atoms with E-state index >= 15 is 0 Å². The van der Waals surface area contributed by atoms with E-state index in [1.807, 2.05) is 0 Å². The largest absolute Gasteiger partial charge is 0.416 e. The molecule has 2 aliphatic rings. The lowest BCUT2D eigenvalue weighted by molar-refractivity contribution is -0.143. The van der Waals surface area contributed by atoms with Crippen LogP contribution in [0.15, 0.2) is 36.4 Å². The molecule has 2 atom stereocenters. The van der Waals surface area contributed by atoms with Crippen molar-refractivity contribution < 1.29 is 40.3 Å². The Morgan fingerprint density at radius 3 is 2.07 bits per heavy atom. The standard InChI is InChI=1S/C29H33F7N4O2/c1-17-11-21(30)3-4-23(17)24-16-40(22-5-8-39(9-6-22)26(37)42)10-7-27(24,25(41)38-2)15-18-12-19(28(31,32)33)14-20(13-18)29(34,35)36/h3-4,11-14,22,24H,5-10,15-16H2,1-2H3,(H2,37,42)(H,38,41). The highest BCUT2D eigenvalue weighted by molar-refractivity contribution is 5.84. The minimum absolute atomic E-state index is 0.0110. The first-order valence-electron chi connectivity index (χ1n) is 13.6. The summed E-state index contributed by atoms with van der Waals surface area (Å²) >= 11 is 0. The molecule has 2 aliphatic heterocycles. The van der Waals surface area contributed by atoms with Crippen molar-refractivity contribution in [2.45, 2.75) is 56.9 Å². The highest BCUT2D eigenvalue weighted by Gasteiger charge is 2.51. The Morgan fingerprint density at radius 2 is 1.57 bits per heavy atom. The number of benzene rings is 2. The quantitative estimate of drug-likeness (QED) is 0.445. The number of nitrogens with two attached hydrogens (primary N) is 1. The highest BCUT2D eigenvalue weighted by Crippen LogP contribution is 2.48. The van der Waals surface area contributed by atoms with Crippen LogP contribution in [0.1, 0.15) is 53.0 Å². The molecule has 0 saturated carbocycles. The number of amides is 3. The number of carbonyl (C=O) groups is 2. The monoisotopic (exact) mass is 602 g/mol. The summed E-state index contributed by atoms with van der Waals surface area (Å²) in [4.78, 5) is 29.0. The number of piperidine rings is 2. The number of hydrogen-bond donors (Lipinski definition) is 2. The topological polar surface area (TPSA) is 78.7 Å². The molecule has 3 N–H and O–H groups in total. The molecule has 2 fully saturated rings. The molecule has 230 valence electrons. The number of hydrogen-bond acceptors (Lipinski definition) is 3. The maximum atomic E-state index is 14.1. The van der Waals surface area contributed by atoms with Crippen LogP contribution in [-0.4, -0.2) is 61.0 Å². The van der Waals surface area contributed by atoms with Gasteiger partial charge in [0.1, 0.15) is 5.82 Å². The molecule has 2 aromatic rings. The molecule has 3 amide bonds. The van der Waals surface area contributed by atoms with Crippen LogP contribution in [0.25, 0.3) is 0 Å². The first kappa shape index (κ1) is 31.6. The summed E-state index contributed by atoms with van der Waals surface area (Å²) in [5.74, 6) is -1.73. The van der Waals surface area contributed by atoms with Gasteiger partial charge in [0.15, 0.2) is 0 Å². The second-order valence-corrected chi connectivity index (χ2v) is 11.2. The van der Waals surface area contributed by atoms with E-state index in [2.05, 4.69) is 10.2 Å². The molecule has 0 bridgehead atoms. The Balaban J connectivity index is 1.80. The molecule has 2 saturated heterocycles. The number of alkyl halides is 6. The van der Waals surface area contributed by atoms with E-state index in [1.54, 1.807) is 6.92 Å². The van der Waals surface area contributed by atoms with Crippen LogP contribution in [0.4, 0.5) is 35.5 Å². The van der Waals surface area contributed by atoms with Crippen molar-refractivity contribution in [2.24, 2.45) is 11.1 Å². The predicted octanol–water partition coefficient (Wildman–Crippen LogP) is 5.48. The Hall–Kier alpha value is -3.35. The maximum absolute atomic E-state index is 14.1. The summed E-state index contributed by atoms with van der Waals surface area (Å²) in [6.07, 6.45) is -9.13. The Morgan fingerprint density at radius 1 is 0.976 bits per heavy atom. The average Bonchev–Trinajstić information content (AvgIpc) is 2.92. The van der Waals surface area contributed by atoms with Gasteiger partial charge in [-0.05, 0) is 86.2 Å². The molecular formula is C29H33F7N4O2. The van der Waals surface area contributed by atoms with Gasteiger partial charge in [-0.2, -0.15) is 26.3 Å². The second-order valence-electron chi connectivity index (χ2n) is 11.2. The summed E-state index contributed by atoms with van der Waals surface area (Å²) in [5.41, 5.74) is 1.90. The molecule has 42 heavy (non-hydrogen) atoms. The van der Waals surface area contributed by atoms with Gasteiger partial charge < -0.3 is 16.0 Å². The Bertz CT molecular complexity index is 1290. The molecular weight excluding hydrogens is 569 g/mol. The van der Waals surface area contributed by atoms with Crippen molar-refractivity contribution in [3.05, 3.63) is 70.0 Å². The van der Waals surface area contributed by atoms with Gasteiger partial charge >= 0.3 is 18.4 Å². The van der Waals surface area contributed by atoms with E-state index in [4.69, 9.17) is 5.73 Å². The minimum atomic E-state index is -5.04. The Kier molecular flexibility index (Phi) is 8.82. The van der Waals surface area contributed by atoms with E-state index < -0.39 is 59.0 Å². The molecule has 2 unspecified atom stereocenters. The van der Waals surface area contributed by atoms with Crippen LogP contribution in [0.2, 0.25) is 0 Å². The average molecular weight is 603 g/mol. The van der Waals surface area contributed by atoms with E-state index in [1.165, 1.54) is 30.1 Å². The second kappa shape index (κ2) is 11.7. The number of rotatable bonds is 5. The van der Waals surface area contributed by atoms with E-state index in [0.717, 1.165) is 0 Å². The molecule has 6 nitrogen and oxygen atoms in total. The number of carbonyl (C=O) groups excluding carboxylic acids is 2.